The molecule has 3 rings (SSSR count). The molecule has 0 radical (unpaired) electrons. The molecule has 0 unspecified atom stereocenters. The highest BCUT2D eigenvalue weighted by molar-refractivity contribution is 8.00. The number of aryl methyl sites for hydroxylation is 1. The number of nitrogens with zero attached hydrogens (tertiary/aromatic N) is 2. The van der Waals surface area contributed by atoms with Crippen LogP contribution in [0.2, 0.25) is 0 Å². The number of hydrogen-bond acceptors (Lipinski definition) is 6. The van der Waals surface area contributed by atoms with E-state index in [1.807, 2.05) is 32.0 Å². The van der Waals surface area contributed by atoms with Crippen molar-refractivity contribution < 1.29 is 13.6 Å². The van der Waals surface area contributed by atoms with E-state index >= 15 is 0 Å². The summed E-state index contributed by atoms with van der Waals surface area (Å²) in [5, 5.41) is 11.1. The summed E-state index contributed by atoms with van der Waals surface area (Å²) >= 11 is 1.25. The van der Waals surface area contributed by atoms with Gasteiger partial charge in [-0.3, -0.25) is 4.79 Å². The quantitative estimate of drug-likeness (QED) is 0.578. The molecule has 142 valence electrons. The second kappa shape index (κ2) is 8.90. The lowest BCUT2D eigenvalue weighted by molar-refractivity contribution is -0.120. The van der Waals surface area contributed by atoms with Gasteiger partial charge in [0.05, 0.1) is 17.1 Å². The van der Waals surface area contributed by atoms with Gasteiger partial charge in [-0.2, -0.15) is 0 Å². The lowest BCUT2D eigenvalue weighted by atomic mass is 9.96. The first-order chi connectivity index (χ1) is 13.1. The van der Waals surface area contributed by atoms with Gasteiger partial charge in [-0.25, -0.2) is 0 Å². The molecule has 1 amide bonds. The van der Waals surface area contributed by atoms with E-state index < -0.39 is 0 Å². The molecule has 0 aliphatic rings. The summed E-state index contributed by atoms with van der Waals surface area (Å²) in [5.41, 5.74) is 2.00. The summed E-state index contributed by atoms with van der Waals surface area (Å²) in [4.78, 5) is 12.5. The highest BCUT2D eigenvalue weighted by Gasteiger charge is 2.20. The first kappa shape index (κ1) is 19.2. The summed E-state index contributed by atoms with van der Waals surface area (Å²) in [6.45, 7) is 6.39. The Balaban J connectivity index is 1.55. The van der Waals surface area contributed by atoms with Crippen molar-refractivity contribution in [3.05, 3.63) is 54.0 Å². The van der Waals surface area contributed by atoms with E-state index in [9.17, 15) is 4.79 Å². The number of hydrogen-bond donors (Lipinski definition) is 1. The van der Waals surface area contributed by atoms with Crippen LogP contribution in [0.1, 0.15) is 37.5 Å². The number of benzene rings is 1. The van der Waals surface area contributed by atoms with E-state index in [0.29, 0.717) is 29.3 Å². The SMILES string of the molecule is CC[C@H](CNC(=O)[C@@H](C)Sc1nnc(-c2ccoc2C)o1)c1ccccc1. The second-order valence-corrected chi connectivity index (χ2v) is 7.58. The topological polar surface area (TPSA) is 81.2 Å². The van der Waals surface area contributed by atoms with Crippen LogP contribution >= 0.6 is 11.8 Å². The van der Waals surface area contributed by atoms with Gasteiger partial charge in [0.2, 0.25) is 5.91 Å². The summed E-state index contributed by atoms with van der Waals surface area (Å²) < 4.78 is 10.9. The first-order valence-electron chi connectivity index (χ1n) is 8.95. The Bertz CT molecular complexity index is 875. The van der Waals surface area contributed by atoms with Crippen molar-refractivity contribution in [2.24, 2.45) is 0 Å². The Hall–Kier alpha value is -2.54. The standard InChI is InChI=1S/C20H23N3O3S/c1-4-15(16-8-6-5-7-9-16)12-21-18(24)14(3)27-20-23-22-19(26-20)17-10-11-25-13(17)2/h5-11,14-15H,4,12H2,1-3H3,(H,21,24)/t14-,15-/m1/s1. The molecule has 0 aliphatic heterocycles. The Kier molecular flexibility index (Phi) is 6.34. The predicted molar refractivity (Wildman–Crippen MR) is 105 cm³/mol. The minimum absolute atomic E-state index is 0.0476. The molecule has 27 heavy (non-hydrogen) atoms. The van der Waals surface area contributed by atoms with Crippen LogP contribution in [0.4, 0.5) is 0 Å². The largest absolute Gasteiger partial charge is 0.469 e. The molecular weight excluding hydrogens is 362 g/mol. The molecule has 0 fully saturated rings. The van der Waals surface area contributed by atoms with Crippen molar-refractivity contribution in [2.45, 2.75) is 43.6 Å². The van der Waals surface area contributed by atoms with E-state index in [1.54, 1.807) is 12.3 Å². The number of furan rings is 1. The van der Waals surface area contributed by atoms with Gasteiger partial charge in [-0.15, -0.1) is 10.2 Å². The Morgan fingerprint density at radius 3 is 2.67 bits per heavy atom. The molecule has 1 N–H and O–H groups in total. The van der Waals surface area contributed by atoms with Crippen LogP contribution in [-0.2, 0) is 4.79 Å². The van der Waals surface area contributed by atoms with E-state index in [4.69, 9.17) is 8.83 Å². The van der Waals surface area contributed by atoms with Crippen LogP contribution in [0, 0.1) is 6.92 Å². The Morgan fingerprint density at radius 2 is 2.00 bits per heavy atom. The fourth-order valence-corrected chi connectivity index (χ4v) is 3.48. The molecule has 0 bridgehead atoms. The molecule has 2 aromatic heterocycles. The lowest BCUT2D eigenvalue weighted by Crippen LogP contribution is -2.34. The van der Waals surface area contributed by atoms with Crippen LogP contribution in [0.3, 0.4) is 0 Å². The highest BCUT2D eigenvalue weighted by Crippen LogP contribution is 2.28. The van der Waals surface area contributed by atoms with Crippen LogP contribution in [0.5, 0.6) is 0 Å². The lowest BCUT2D eigenvalue weighted by Gasteiger charge is -2.17. The molecule has 0 saturated carbocycles. The third-order valence-electron chi connectivity index (χ3n) is 4.43. The van der Waals surface area contributed by atoms with Gasteiger partial charge in [-0.1, -0.05) is 49.0 Å². The number of rotatable bonds is 8. The normalized spacial score (nSPS) is 13.3. The van der Waals surface area contributed by atoms with Gasteiger partial charge in [-0.05, 0) is 31.9 Å². The van der Waals surface area contributed by atoms with Crippen LogP contribution < -0.4 is 5.32 Å². The van der Waals surface area contributed by atoms with Crippen molar-refractivity contribution in [3.8, 4) is 11.5 Å². The Morgan fingerprint density at radius 1 is 1.22 bits per heavy atom. The van der Waals surface area contributed by atoms with Crippen molar-refractivity contribution in [1.29, 1.82) is 0 Å². The summed E-state index contributed by atoms with van der Waals surface area (Å²) in [7, 11) is 0. The van der Waals surface area contributed by atoms with Crippen molar-refractivity contribution in [2.75, 3.05) is 6.54 Å². The molecular formula is C20H23N3O3S. The third kappa shape index (κ3) is 4.80. The molecule has 2 heterocycles. The van der Waals surface area contributed by atoms with Gasteiger partial charge >= 0.3 is 0 Å². The maximum atomic E-state index is 12.5. The monoisotopic (exact) mass is 385 g/mol. The van der Waals surface area contributed by atoms with Gasteiger partial charge in [0, 0.05) is 12.5 Å². The highest BCUT2D eigenvalue weighted by atomic mass is 32.2. The van der Waals surface area contributed by atoms with Crippen molar-refractivity contribution in [3.63, 3.8) is 0 Å². The fraction of sp³-hybridized carbons (Fsp3) is 0.350. The molecule has 3 aromatic rings. The van der Waals surface area contributed by atoms with Gasteiger partial charge < -0.3 is 14.2 Å². The summed E-state index contributed by atoms with van der Waals surface area (Å²) in [5.74, 6) is 1.36. The van der Waals surface area contributed by atoms with Gasteiger partial charge in [0.15, 0.2) is 0 Å². The molecule has 0 saturated heterocycles. The first-order valence-corrected chi connectivity index (χ1v) is 9.83. The summed E-state index contributed by atoms with van der Waals surface area (Å²) in [6.07, 6.45) is 2.54. The zero-order valence-corrected chi connectivity index (χ0v) is 16.5. The molecule has 7 heteroatoms. The second-order valence-electron chi connectivity index (χ2n) is 6.28. The van der Waals surface area contributed by atoms with Crippen molar-refractivity contribution >= 4 is 17.7 Å². The number of carbonyl (C=O) groups is 1. The fourth-order valence-electron chi connectivity index (χ4n) is 2.77. The summed E-state index contributed by atoms with van der Waals surface area (Å²) in [6, 6.07) is 12.0. The van der Waals surface area contributed by atoms with Crippen LogP contribution in [0.25, 0.3) is 11.5 Å². The van der Waals surface area contributed by atoms with E-state index in [1.165, 1.54) is 17.3 Å². The zero-order chi connectivity index (χ0) is 19.2. The maximum absolute atomic E-state index is 12.5. The van der Waals surface area contributed by atoms with Gasteiger partial charge in [0.1, 0.15) is 5.76 Å². The number of thioether (sulfide) groups is 1. The smallest absolute Gasteiger partial charge is 0.277 e. The van der Waals surface area contributed by atoms with Crippen LogP contribution in [-0.4, -0.2) is 27.9 Å². The number of nitrogens with one attached hydrogen (secondary N) is 1. The van der Waals surface area contributed by atoms with E-state index in [-0.39, 0.29) is 11.2 Å². The van der Waals surface area contributed by atoms with Crippen molar-refractivity contribution in [1.82, 2.24) is 15.5 Å². The number of aromatic nitrogens is 2. The third-order valence-corrected chi connectivity index (χ3v) is 5.36. The maximum Gasteiger partial charge on any atom is 0.277 e. The molecule has 6 nitrogen and oxygen atoms in total. The average molecular weight is 385 g/mol. The molecule has 0 aliphatic carbocycles. The average Bonchev–Trinajstić information content (AvgIpc) is 3.31. The van der Waals surface area contributed by atoms with Gasteiger partial charge in [0.25, 0.3) is 11.1 Å². The minimum atomic E-state index is -0.336. The Labute approximate surface area is 162 Å². The van der Waals surface area contributed by atoms with Crippen LogP contribution in [0.15, 0.2) is 56.7 Å². The molecule has 1 aromatic carbocycles. The van der Waals surface area contributed by atoms with E-state index in [2.05, 4.69) is 34.6 Å². The molecule has 2 atom stereocenters. The number of amides is 1. The zero-order valence-electron chi connectivity index (χ0n) is 15.6. The number of carbonyl (C=O) groups excluding carboxylic acids is 1. The van der Waals surface area contributed by atoms with E-state index in [0.717, 1.165) is 12.0 Å². The molecule has 0 spiro atoms. The predicted octanol–water partition coefficient (Wildman–Crippen LogP) is 4.43. The minimum Gasteiger partial charge on any atom is -0.469 e.